The molecule has 0 radical (unpaired) electrons. The van der Waals surface area contributed by atoms with Gasteiger partial charge in [-0.1, -0.05) is 39.2 Å². The van der Waals surface area contributed by atoms with Gasteiger partial charge in [-0.15, -0.1) is 0 Å². The van der Waals surface area contributed by atoms with Crippen LogP contribution in [0, 0.1) is 5.92 Å². The summed E-state index contributed by atoms with van der Waals surface area (Å²) in [5.41, 5.74) is 1.00. The molecule has 3 atom stereocenters. The van der Waals surface area contributed by atoms with Crippen LogP contribution in [0.2, 0.25) is 0 Å². The molecule has 1 fully saturated rings. The zero-order valence-electron chi connectivity index (χ0n) is 19.8. The van der Waals surface area contributed by atoms with E-state index in [0.29, 0.717) is 37.4 Å². The quantitative estimate of drug-likeness (QED) is 0.185. The van der Waals surface area contributed by atoms with Gasteiger partial charge in [0.1, 0.15) is 6.10 Å². The molecule has 1 aliphatic heterocycles. The van der Waals surface area contributed by atoms with Crippen molar-refractivity contribution in [2.24, 2.45) is 5.92 Å². The SMILES string of the molecule is CCOC(=O)CCCCCCC1OC1C(O)CCc1ccc(OC(=O)C(C)C)c(OC)c1. The molecule has 1 aromatic rings. The van der Waals surface area contributed by atoms with Crippen molar-refractivity contribution in [3.8, 4) is 11.5 Å². The van der Waals surface area contributed by atoms with Gasteiger partial charge in [0.05, 0.1) is 31.8 Å². The fraction of sp³-hybridized carbons (Fsp3) is 0.680. The molecule has 2 rings (SSSR count). The van der Waals surface area contributed by atoms with Crippen LogP contribution in [0.25, 0.3) is 0 Å². The number of benzene rings is 1. The van der Waals surface area contributed by atoms with Crippen LogP contribution < -0.4 is 9.47 Å². The monoisotopic (exact) mass is 450 g/mol. The second kappa shape index (κ2) is 13.4. The van der Waals surface area contributed by atoms with Gasteiger partial charge in [-0.05, 0) is 50.3 Å². The van der Waals surface area contributed by atoms with Crippen molar-refractivity contribution in [3.05, 3.63) is 23.8 Å². The van der Waals surface area contributed by atoms with Crippen LogP contribution in [0.3, 0.4) is 0 Å². The lowest BCUT2D eigenvalue weighted by Gasteiger charge is -2.13. The largest absolute Gasteiger partial charge is 0.493 e. The number of carbonyl (C=O) groups excluding carboxylic acids is 2. The molecule has 0 amide bonds. The number of unbranched alkanes of at least 4 members (excludes halogenated alkanes) is 3. The van der Waals surface area contributed by atoms with E-state index < -0.39 is 6.10 Å². The summed E-state index contributed by atoms with van der Waals surface area (Å²) in [6, 6.07) is 5.47. The maximum absolute atomic E-state index is 11.8. The molecule has 3 unspecified atom stereocenters. The highest BCUT2D eigenvalue weighted by molar-refractivity contribution is 5.75. The van der Waals surface area contributed by atoms with E-state index >= 15 is 0 Å². The highest BCUT2D eigenvalue weighted by atomic mass is 16.6. The number of ether oxygens (including phenoxy) is 4. The average molecular weight is 451 g/mol. The van der Waals surface area contributed by atoms with E-state index in [0.717, 1.165) is 37.7 Å². The van der Waals surface area contributed by atoms with Crippen LogP contribution in [0.5, 0.6) is 11.5 Å². The molecule has 1 aliphatic rings. The normalized spacial score (nSPS) is 18.3. The van der Waals surface area contributed by atoms with E-state index in [1.807, 2.05) is 19.1 Å². The number of esters is 2. The molecule has 0 saturated carbocycles. The van der Waals surface area contributed by atoms with Crippen LogP contribution in [-0.2, 0) is 25.5 Å². The molecule has 7 nitrogen and oxygen atoms in total. The summed E-state index contributed by atoms with van der Waals surface area (Å²) in [6.45, 7) is 5.82. The number of methoxy groups -OCH3 is 1. The molecule has 7 heteroatoms. The summed E-state index contributed by atoms with van der Waals surface area (Å²) in [5.74, 6) is 0.274. The van der Waals surface area contributed by atoms with E-state index in [4.69, 9.17) is 18.9 Å². The van der Waals surface area contributed by atoms with Gasteiger partial charge < -0.3 is 24.1 Å². The first-order chi connectivity index (χ1) is 15.3. The molecule has 1 N–H and O–H groups in total. The third-order valence-electron chi connectivity index (χ3n) is 5.56. The lowest BCUT2D eigenvalue weighted by molar-refractivity contribution is -0.143. The van der Waals surface area contributed by atoms with Crippen molar-refractivity contribution >= 4 is 11.9 Å². The molecule has 32 heavy (non-hydrogen) atoms. The maximum atomic E-state index is 11.8. The van der Waals surface area contributed by atoms with Gasteiger partial charge in [0.25, 0.3) is 0 Å². The number of aryl methyl sites for hydroxylation is 1. The Morgan fingerprint density at radius 2 is 1.88 bits per heavy atom. The zero-order chi connectivity index (χ0) is 23.5. The van der Waals surface area contributed by atoms with Crippen molar-refractivity contribution in [2.75, 3.05) is 13.7 Å². The highest BCUT2D eigenvalue weighted by Gasteiger charge is 2.43. The molecule has 180 valence electrons. The third kappa shape index (κ3) is 8.79. The number of aliphatic hydroxyl groups excluding tert-OH is 1. The van der Waals surface area contributed by atoms with E-state index in [1.165, 1.54) is 0 Å². The van der Waals surface area contributed by atoms with Gasteiger partial charge in [0.15, 0.2) is 11.5 Å². The number of carbonyl (C=O) groups is 2. The standard InChI is InChI=1S/C25H38O7/c1-5-30-23(27)11-9-7-6-8-10-21-24(31-21)19(26)14-12-18-13-15-20(22(16-18)29-4)32-25(28)17(2)3/h13,15-17,19,21,24,26H,5-12,14H2,1-4H3. The lowest BCUT2D eigenvalue weighted by Crippen LogP contribution is -2.18. The summed E-state index contributed by atoms with van der Waals surface area (Å²) in [5, 5.41) is 10.5. The Morgan fingerprint density at radius 3 is 2.56 bits per heavy atom. The number of rotatable bonds is 15. The second-order valence-corrected chi connectivity index (χ2v) is 8.56. The molecule has 1 saturated heterocycles. The van der Waals surface area contributed by atoms with Crippen LogP contribution in [0.15, 0.2) is 18.2 Å². The number of epoxide rings is 1. The molecule has 0 aromatic heterocycles. The molecular formula is C25H38O7. The average Bonchev–Trinajstić information content (AvgIpc) is 3.54. The van der Waals surface area contributed by atoms with E-state index in [9.17, 15) is 14.7 Å². The fourth-order valence-corrected chi connectivity index (χ4v) is 3.59. The van der Waals surface area contributed by atoms with Crippen molar-refractivity contribution in [2.45, 2.75) is 90.4 Å². The highest BCUT2D eigenvalue weighted by Crippen LogP contribution is 2.33. The smallest absolute Gasteiger partial charge is 0.313 e. The summed E-state index contributed by atoms with van der Waals surface area (Å²) in [7, 11) is 1.54. The predicted molar refractivity (Wildman–Crippen MR) is 121 cm³/mol. The molecule has 0 aliphatic carbocycles. The van der Waals surface area contributed by atoms with Gasteiger partial charge in [-0.3, -0.25) is 9.59 Å². The zero-order valence-corrected chi connectivity index (χ0v) is 19.8. The van der Waals surface area contributed by atoms with Gasteiger partial charge in [0.2, 0.25) is 0 Å². The Kier molecular flexibility index (Phi) is 11.0. The summed E-state index contributed by atoms with van der Waals surface area (Å²) in [6.07, 6.45) is 6.16. The van der Waals surface area contributed by atoms with Gasteiger partial charge in [0, 0.05) is 6.42 Å². The van der Waals surface area contributed by atoms with Crippen LogP contribution in [0.4, 0.5) is 0 Å². The van der Waals surface area contributed by atoms with Crippen LogP contribution in [0.1, 0.15) is 71.3 Å². The summed E-state index contributed by atoms with van der Waals surface area (Å²) >= 11 is 0. The minimum atomic E-state index is -0.506. The Bertz CT molecular complexity index is 731. The van der Waals surface area contributed by atoms with Crippen LogP contribution in [-0.4, -0.2) is 49.1 Å². The summed E-state index contributed by atoms with van der Waals surface area (Å²) in [4.78, 5) is 23.1. The van der Waals surface area contributed by atoms with Crippen molar-refractivity contribution in [3.63, 3.8) is 0 Å². The van der Waals surface area contributed by atoms with E-state index in [2.05, 4.69) is 0 Å². The molecule has 0 spiro atoms. The molecule has 1 aromatic carbocycles. The number of aliphatic hydroxyl groups is 1. The minimum Gasteiger partial charge on any atom is -0.493 e. The first-order valence-electron chi connectivity index (χ1n) is 11.7. The van der Waals surface area contributed by atoms with E-state index in [1.54, 1.807) is 27.0 Å². The van der Waals surface area contributed by atoms with E-state index in [-0.39, 0.29) is 30.1 Å². The Hall–Kier alpha value is -2.12. The van der Waals surface area contributed by atoms with Gasteiger partial charge >= 0.3 is 11.9 Å². The summed E-state index contributed by atoms with van der Waals surface area (Å²) < 4.78 is 21.3. The molecular weight excluding hydrogens is 412 g/mol. The Morgan fingerprint density at radius 1 is 1.12 bits per heavy atom. The second-order valence-electron chi connectivity index (χ2n) is 8.56. The van der Waals surface area contributed by atoms with Gasteiger partial charge in [-0.25, -0.2) is 0 Å². The Balaban J connectivity index is 1.65. The van der Waals surface area contributed by atoms with Crippen molar-refractivity contribution < 1.29 is 33.6 Å². The lowest BCUT2D eigenvalue weighted by atomic mass is 10.0. The van der Waals surface area contributed by atoms with Crippen LogP contribution >= 0.6 is 0 Å². The molecule has 0 bridgehead atoms. The first kappa shape index (κ1) is 26.1. The maximum Gasteiger partial charge on any atom is 0.313 e. The first-order valence-corrected chi connectivity index (χ1v) is 11.7. The third-order valence-corrected chi connectivity index (χ3v) is 5.56. The van der Waals surface area contributed by atoms with Crippen molar-refractivity contribution in [1.29, 1.82) is 0 Å². The predicted octanol–water partition coefficient (Wildman–Crippen LogP) is 4.22. The topological polar surface area (TPSA) is 94.6 Å². The van der Waals surface area contributed by atoms with Crippen molar-refractivity contribution in [1.82, 2.24) is 0 Å². The Labute approximate surface area is 191 Å². The minimum absolute atomic E-state index is 0.0947. The number of hydrogen-bond acceptors (Lipinski definition) is 7. The van der Waals surface area contributed by atoms with Gasteiger partial charge in [-0.2, -0.15) is 0 Å². The fourth-order valence-electron chi connectivity index (χ4n) is 3.59. The molecule has 1 heterocycles. The number of hydrogen-bond donors (Lipinski definition) is 1.